The number of rotatable bonds is 8. The first-order valence-corrected chi connectivity index (χ1v) is 12.6. The van der Waals surface area contributed by atoms with Gasteiger partial charge in [-0.25, -0.2) is 0 Å². The van der Waals surface area contributed by atoms with Crippen LogP contribution in [0.2, 0.25) is 0 Å². The number of halogens is 1. The molecule has 4 rings (SSSR count). The second-order valence-electron chi connectivity index (χ2n) is 7.25. The van der Waals surface area contributed by atoms with Gasteiger partial charge >= 0.3 is 0 Å². The van der Waals surface area contributed by atoms with Gasteiger partial charge in [0.05, 0.1) is 28.8 Å². The molecule has 8 heteroatoms. The summed E-state index contributed by atoms with van der Waals surface area (Å²) >= 11 is 10.3. The summed E-state index contributed by atoms with van der Waals surface area (Å²) < 4.78 is 18.3. The Hall–Kier alpha value is -2.81. The van der Waals surface area contributed by atoms with Crippen molar-refractivity contribution in [3.63, 3.8) is 0 Å². The van der Waals surface area contributed by atoms with E-state index >= 15 is 0 Å². The Morgan fingerprint density at radius 3 is 2.47 bits per heavy atom. The van der Waals surface area contributed by atoms with E-state index in [1.165, 1.54) is 16.7 Å². The molecule has 1 amide bonds. The number of ether oxygens (including phenoxy) is 3. The molecule has 0 spiro atoms. The molecule has 0 saturated carbocycles. The monoisotopic (exact) mass is 555 g/mol. The number of thiocarbonyl (C=S) groups is 1. The number of hydrogen-bond acceptors (Lipinski definition) is 6. The zero-order chi connectivity index (χ0) is 24.1. The molecule has 3 aromatic carbocycles. The van der Waals surface area contributed by atoms with Crippen molar-refractivity contribution >= 4 is 61.9 Å². The molecule has 0 unspecified atom stereocenters. The average Bonchev–Trinajstić information content (AvgIpc) is 3.12. The van der Waals surface area contributed by atoms with Crippen molar-refractivity contribution in [3.05, 3.63) is 87.2 Å². The third-order valence-corrected chi connectivity index (χ3v) is 6.87. The largest absolute Gasteiger partial charge is 0.494 e. The minimum atomic E-state index is -0.168. The van der Waals surface area contributed by atoms with E-state index in [1.807, 2.05) is 79.7 Å². The Morgan fingerprint density at radius 2 is 1.79 bits per heavy atom. The maximum atomic E-state index is 13.1. The fourth-order valence-corrected chi connectivity index (χ4v) is 5.27. The number of carbonyl (C=O) groups excluding carboxylic acids is 1. The van der Waals surface area contributed by atoms with Gasteiger partial charge in [-0.3, -0.25) is 9.69 Å². The maximum Gasteiger partial charge on any atom is 0.270 e. The standard InChI is InChI=1S/C26H22BrNO4S2/c1-3-31-20-11-9-19(10-12-20)28-25(29)23(34-26(28)33)15-18-13-21(27)24(22(14-18)30-2)32-16-17-7-5-4-6-8-17/h4-15H,3,16H2,1-2H3/b23-15+. The fraction of sp³-hybridized carbons (Fsp3) is 0.154. The molecular weight excluding hydrogens is 534 g/mol. The molecule has 0 radical (unpaired) electrons. The third-order valence-electron chi connectivity index (χ3n) is 4.98. The predicted molar refractivity (Wildman–Crippen MR) is 145 cm³/mol. The van der Waals surface area contributed by atoms with Gasteiger partial charge in [-0.2, -0.15) is 0 Å². The van der Waals surface area contributed by atoms with Gasteiger partial charge in [0.15, 0.2) is 15.8 Å². The smallest absolute Gasteiger partial charge is 0.270 e. The summed E-state index contributed by atoms with van der Waals surface area (Å²) in [5.41, 5.74) is 2.55. The summed E-state index contributed by atoms with van der Waals surface area (Å²) in [6, 6.07) is 21.0. The number of hydrogen-bond donors (Lipinski definition) is 0. The Morgan fingerprint density at radius 1 is 1.06 bits per heavy atom. The highest BCUT2D eigenvalue weighted by molar-refractivity contribution is 9.10. The highest BCUT2D eigenvalue weighted by Gasteiger charge is 2.33. The van der Waals surface area contributed by atoms with E-state index in [9.17, 15) is 4.79 Å². The molecule has 1 saturated heterocycles. The lowest BCUT2D eigenvalue weighted by atomic mass is 10.1. The predicted octanol–water partition coefficient (Wildman–Crippen LogP) is 6.84. The lowest BCUT2D eigenvalue weighted by Gasteiger charge is -2.15. The van der Waals surface area contributed by atoms with E-state index in [-0.39, 0.29) is 5.91 Å². The molecule has 0 atom stereocenters. The second kappa shape index (κ2) is 11.1. The zero-order valence-corrected chi connectivity index (χ0v) is 21.8. The fourth-order valence-electron chi connectivity index (χ4n) is 3.39. The number of anilines is 1. The van der Waals surface area contributed by atoms with E-state index in [4.69, 9.17) is 26.4 Å². The van der Waals surface area contributed by atoms with Crippen LogP contribution in [0.1, 0.15) is 18.1 Å². The Kier molecular flexibility index (Phi) is 7.92. The number of amides is 1. The first-order chi connectivity index (χ1) is 16.5. The van der Waals surface area contributed by atoms with Crippen molar-refractivity contribution in [2.45, 2.75) is 13.5 Å². The molecular formula is C26H22BrNO4S2. The zero-order valence-electron chi connectivity index (χ0n) is 18.6. The second-order valence-corrected chi connectivity index (χ2v) is 9.78. The van der Waals surface area contributed by atoms with E-state index in [0.29, 0.717) is 39.6 Å². The summed E-state index contributed by atoms with van der Waals surface area (Å²) in [6.07, 6.45) is 1.81. The SMILES string of the molecule is CCOc1ccc(N2C(=O)/C(=C\c3cc(Br)c(OCc4ccccc4)c(OC)c3)SC2=S)cc1. The third kappa shape index (κ3) is 5.46. The van der Waals surface area contributed by atoms with Gasteiger partial charge in [-0.15, -0.1) is 0 Å². The van der Waals surface area contributed by atoms with Gasteiger partial charge in [0.25, 0.3) is 5.91 Å². The van der Waals surface area contributed by atoms with Crippen LogP contribution in [-0.2, 0) is 11.4 Å². The van der Waals surface area contributed by atoms with Crippen molar-refractivity contribution in [1.29, 1.82) is 0 Å². The number of methoxy groups -OCH3 is 1. The first kappa shape index (κ1) is 24.3. The molecule has 0 aliphatic carbocycles. The quantitative estimate of drug-likeness (QED) is 0.224. The van der Waals surface area contributed by atoms with Crippen molar-refractivity contribution < 1.29 is 19.0 Å². The topological polar surface area (TPSA) is 48.0 Å². The Balaban J connectivity index is 1.55. The van der Waals surface area contributed by atoms with Crippen molar-refractivity contribution in [1.82, 2.24) is 0 Å². The summed E-state index contributed by atoms with van der Waals surface area (Å²) in [5, 5.41) is 0. The van der Waals surface area contributed by atoms with Crippen LogP contribution >= 0.6 is 39.9 Å². The lowest BCUT2D eigenvalue weighted by molar-refractivity contribution is -0.113. The molecule has 1 aliphatic heterocycles. The summed E-state index contributed by atoms with van der Waals surface area (Å²) in [4.78, 5) is 15.2. The van der Waals surface area contributed by atoms with Gasteiger partial charge in [-0.1, -0.05) is 54.3 Å². The number of nitrogens with zero attached hydrogens (tertiary/aromatic N) is 1. The molecule has 174 valence electrons. The molecule has 1 heterocycles. The van der Waals surface area contributed by atoms with E-state index < -0.39 is 0 Å². The van der Waals surface area contributed by atoms with Gasteiger partial charge in [0, 0.05) is 0 Å². The first-order valence-electron chi connectivity index (χ1n) is 10.5. The van der Waals surface area contributed by atoms with Crippen LogP contribution in [-0.4, -0.2) is 23.9 Å². The molecule has 0 bridgehead atoms. The maximum absolute atomic E-state index is 13.1. The molecule has 34 heavy (non-hydrogen) atoms. The van der Waals surface area contributed by atoms with Gasteiger partial charge in [-0.05, 0) is 76.5 Å². The normalized spacial score (nSPS) is 14.6. The summed E-state index contributed by atoms with van der Waals surface area (Å²) in [7, 11) is 1.59. The van der Waals surface area contributed by atoms with Crippen LogP contribution < -0.4 is 19.1 Å². The highest BCUT2D eigenvalue weighted by Crippen LogP contribution is 2.40. The lowest BCUT2D eigenvalue weighted by Crippen LogP contribution is -2.27. The van der Waals surface area contributed by atoms with Gasteiger partial charge in [0.1, 0.15) is 12.4 Å². The van der Waals surface area contributed by atoms with Crippen LogP contribution in [0.25, 0.3) is 6.08 Å². The summed E-state index contributed by atoms with van der Waals surface area (Å²) in [5.74, 6) is 1.75. The number of benzene rings is 3. The molecule has 3 aromatic rings. The van der Waals surface area contributed by atoms with Crippen molar-refractivity contribution in [2.24, 2.45) is 0 Å². The van der Waals surface area contributed by atoms with Crippen LogP contribution in [0.3, 0.4) is 0 Å². The van der Waals surface area contributed by atoms with Crippen LogP contribution in [0.5, 0.6) is 17.2 Å². The number of carbonyl (C=O) groups is 1. The molecule has 0 aromatic heterocycles. The van der Waals surface area contributed by atoms with Crippen molar-refractivity contribution in [3.8, 4) is 17.2 Å². The van der Waals surface area contributed by atoms with Crippen LogP contribution in [0.15, 0.2) is 76.1 Å². The van der Waals surface area contributed by atoms with Crippen LogP contribution in [0.4, 0.5) is 5.69 Å². The minimum Gasteiger partial charge on any atom is -0.494 e. The minimum absolute atomic E-state index is 0.168. The molecule has 0 N–H and O–H groups in total. The Labute approximate surface area is 216 Å². The van der Waals surface area contributed by atoms with E-state index in [2.05, 4.69) is 15.9 Å². The van der Waals surface area contributed by atoms with Gasteiger partial charge in [0.2, 0.25) is 0 Å². The summed E-state index contributed by atoms with van der Waals surface area (Å²) in [6.45, 7) is 2.92. The molecule has 5 nitrogen and oxygen atoms in total. The van der Waals surface area contributed by atoms with E-state index in [0.717, 1.165) is 21.3 Å². The van der Waals surface area contributed by atoms with Crippen molar-refractivity contribution in [2.75, 3.05) is 18.6 Å². The molecule has 1 fully saturated rings. The molecule has 1 aliphatic rings. The highest BCUT2D eigenvalue weighted by atomic mass is 79.9. The number of thioether (sulfide) groups is 1. The average molecular weight is 557 g/mol. The van der Waals surface area contributed by atoms with Crippen LogP contribution in [0, 0.1) is 0 Å². The Bertz CT molecular complexity index is 1230. The van der Waals surface area contributed by atoms with Gasteiger partial charge < -0.3 is 14.2 Å². The van der Waals surface area contributed by atoms with E-state index in [1.54, 1.807) is 7.11 Å².